The van der Waals surface area contributed by atoms with Crippen LogP contribution in [0.3, 0.4) is 0 Å². The number of fused-ring (bicyclic) bond motifs is 2. The van der Waals surface area contributed by atoms with Crippen molar-refractivity contribution in [1.29, 1.82) is 0 Å². The lowest BCUT2D eigenvalue weighted by Gasteiger charge is -2.41. The quantitative estimate of drug-likeness (QED) is 0.181. The molecule has 2 N–H and O–H groups in total. The van der Waals surface area contributed by atoms with E-state index < -0.39 is 0 Å². The second kappa shape index (κ2) is 14.3. The number of halogens is 2. The average molecular weight is 744 g/mol. The van der Waals surface area contributed by atoms with E-state index in [2.05, 4.69) is 92.7 Å². The molecule has 1 amide bonds. The number of anilines is 2. The van der Waals surface area contributed by atoms with E-state index in [4.69, 9.17) is 28.2 Å². The standard InChI is InChI=1S/C44H44Cl2N6O/c1-28-10-9-21-52-41(30-16-18-31(45)19-17-30)34-26-32(46)27-36-38(34)39(42(52)37(28)29-11-4-2-5-12-29)40(48-36)44(53)49-35-15-8-20-47-43(35)51-24-22-50(23-25-51)33-13-6-3-7-14-33/h2,4-5,8-9,11-12,15-21,26-28,33,41,48H,3,6-7,10,13-14,22-25H2,1H3,(H,49,53). The number of aromatic amines is 1. The van der Waals surface area contributed by atoms with Crippen LogP contribution in [-0.2, 0) is 0 Å². The van der Waals surface area contributed by atoms with Crippen molar-refractivity contribution in [2.24, 2.45) is 5.92 Å². The molecule has 1 saturated heterocycles. The Labute approximate surface area is 321 Å². The number of rotatable bonds is 6. The van der Waals surface area contributed by atoms with Crippen molar-refractivity contribution < 1.29 is 4.79 Å². The predicted octanol–water partition coefficient (Wildman–Crippen LogP) is 10.4. The molecule has 2 aromatic heterocycles. The first-order chi connectivity index (χ1) is 25.9. The van der Waals surface area contributed by atoms with E-state index >= 15 is 0 Å². The van der Waals surface area contributed by atoms with Gasteiger partial charge in [0.25, 0.3) is 5.91 Å². The highest BCUT2D eigenvalue weighted by molar-refractivity contribution is 6.32. The summed E-state index contributed by atoms with van der Waals surface area (Å²) in [6, 6.07) is 27.0. The van der Waals surface area contributed by atoms with E-state index in [1.807, 2.05) is 36.5 Å². The highest BCUT2D eigenvalue weighted by Crippen LogP contribution is 2.53. The molecule has 9 heteroatoms. The Balaban J connectivity index is 1.16. The first kappa shape index (κ1) is 34.2. The van der Waals surface area contributed by atoms with Crippen LogP contribution in [-0.4, -0.2) is 57.9 Å². The average Bonchev–Trinajstić information content (AvgIpc) is 3.48. The maximum absolute atomic E-state index is 14.8. The van der Waals surface area contributed by atoms with Gasteiger partial charge in [0.05, 0.1) is 17.4 Å². The van der Waals surface area contributed by atoms with Crippen LogP contribution in [0.4, 0.5) is 11.5 Å². The lowest BCUT2D eigenvalue weighted by molar-refractivity contribution is 0.102. The van der Waals surface area contributed by atoms with Crippen molar-refractivity contribution in [3.63, 3.8) is 0 Å². The van der Waals surface area contributed by atoms with Gasteiger partial charge in [-0.15, -0.1) is 0 Å². The van der Waals surface area contributed by atoms with Crippen molar-refractivity contribution >= 4 is 62.8 Å². The van der Waals surface area contributed by atoms with Gasteiger partial charge in [-0.25, -0.2) is 4.98 Å². The Hall–Kier alpha value is -4.56. The number of piperazine rings is 1. The Kier molecular flexibility index (Phi) is 9.27. The second-order valence-electron chi connectivity index (χ2n) is 14.9. The van der Waals surface area contributed by atoms with Gasteiger partial charge < -0.3 is 20.1 Å². The molecule has 1 saturated carbocycles. The highest BCUT2D eigenvalue weighted by atomic mass is 35.5. The minimum atomic E-state index is -0.209. The Morgan fingerprint density at radius 2 is 1.66 bits per heavy atom. The fourth-order valence-electron chi connectivity index (χ4n) is 9.22. The molecule has 2 atom stereocenters. The van der Waals surface area contributed by atoms with E-state index in [-0.39, 0.29) is 17.9 Å². The highest BCUT2D eigenvalue weighted by Gasteiger charge is 2.40. The normalized spacial score (nSPS) is 20.8. The third kappa shape index (κ3) is 6.33. The van der Waals surface area contributed by atoms with Gasteiger partial charge in [0.15, 0.2) is 5.82 Å². The zero-order valence-electron chi connectivity index (χ0n) is 30.0. The Morgan fingerprint density at radius 3 is 2.43 bits per heavy atom. The van der Waals surface area contributed by atoms with E-state index in [1.165, 1.54) is 37.7 Å². The van der Waals surface area contributed by atoms with Crippen LogP contribution in [0.25, 0.3) is 22.2 Å². The summed E-state index contributed by atoms with van der Waals surface area (Å²) in [6.45, 7) is 6.06. The van der Waals surface area contributed by atoms with Crippen molar-refractivity contribution in [2.45, 2.75) is 57.5 Å². The number of carbonyl (C=O) groups is 1. The molecule has 2 fully saturated rings. The van der Waals surface area contributed by atoms with Gasteiger partial charge in [0.1, 0.15) is 5.69 Å². The maximum Gasteiger partial charge on any atom is 0.272 e. The fraction of sp³-hybridized carbons (Fsp3) is 0.318. The number of nitrogens with zero attached hydrogens (tertiary/aromatic N) is 4. The number of H-pyrrole nitrogens is 1. The van der Waals surface area contributed by atoms with E-state index in [0.29, 0.717) is 27.5 Å². The summed E-state index contributed by atoms with van der Waals surface area (Å²) in [7, 11) is 0. The van der Waals surface area contributed by atoms with E-state index in [0.717, 1.165) is 77.3 Å². The van der Waals surface area contributed by atoms with Crippen molar-refractivity contribution in [3.05, 3.63) is 135 Å². The number of carbonyl (C=O) groups excluding carboxylic acids is 1. The number of allylic oxidation sites excluding steroid dienone is 2. The molecule has 3 aromatic carbocycles. The number of benzene rings is 3. The molecule has 5 heterocycles. The van der Waals surface area contributed by atoms with Gasteiger partial charge >= 0.3 is 0 Å². The Bertz CT molecular complexity index is 2210. The molecule has 0 spiro atoms. The summed E-state index contributed by atoms with van der Waals surface area (Å²) >= 11 is 13.3. The topological polar surface area (TPSA) is 67.5 Å². The van der Waals surface area contributed by atoms with E-state index in [9.17, 15) is 4.79 Å². The molecule has 270 valence electrons. The van der Waals surface area contributed by atoms with Crippen molar-refractivity contribution in [1.82, 2.24) is 19.8 Å². The van der Waals surface area contributed by atoms with Crippen LogP contribution in [0.15, 0.2) is 97.3 Å². The monoisotopic (exact) mass is 742 g/mol. The fourth-order valence-corrected chi connectivity index (χ4v) is 9.58. The van der Waals surface area contributed by atoms with Crippen LogP contribution in [0.5, 0.6) is 0 Å². The predicted molar refractivity (Wildman–Crippen MR) is 217 cm³/mol. The number of pyridine rings is 1. The number of amides is 1. The molecule has 7 nitrogen and oxygen atoms in total. The SMILES string of the molecule is CC1CC=CN2C(=C1c1ccccc1)c1c(C(=O)Nc3cccnc3N3CCN(C4CCCCC4)CC3)[nH]c3cc(Cl)cc(c13)C2c1ccc(Cl)cc1. The minimum Gasteiger partial charge on any atom is -0.352 e. The molecule has 2 unspecified atom stereocenters. The lowest BCUT2D eigenvalue weighted by atomic mass is 9.82. The number of aromatic nitrogens is 2. The molecule has 3 aliphatic heterocycles. The first-order valence-corrected chi connectivity index (χ1v) is 19.8. The second-order valence-corrected chi connectivity index (χ2v) is 15.8. The van der Waals surface area contributed by atoms with Crippen molar-refractivity contribution in [3.8, 4) is 0 Å². The van der Waals surface area contributed by atoms with Gasteiger partial charge in [-0.05, 0) is 83.8 Å². The van der Waals surface area contributed by atoms with Crippen molar-refractivity contribution in [2.75, 3.05) is 36.4 Å². The molecule has 5 aromatic rings. The zero-order valence-corrected chi connectivity index (χ0v) is 31.5. The summed E-state index contributed by atoms with van der Waals surface area (Å²) in [4.78, 5) is 30.6. The summed E-state index contributed by atoms with van der Waals surface area (Å²) in [5.74, 6) is 0.794. The van der Waals surface area contributed by atoms with Gasteiger partial charge in [0, 0.05) is 71.1 Å². The number of hydrogen-bond donors (Lipinski definition) is 2. The summed E-state index contributed by atoms with van der Waals surface area (Å²) in [6.07, 6.45) is 13.8. The third-order valence-electron chi connectivity index (χ3n) is 11.7. The molecule has 0 bridgehead atoms. The summed E-state index contributed by atoms with van der Waals surface area (Å²) in [5, 5.41) is 5.62. The molecular weight excluding hydrogens is 699 g/mol. The number of nitrogens with one attached hydrogen (secondary N) is 2. The van der Waals surface area contributed by atoms with Gasteiger partial charge in [-0.2, -0.15) is 0 Å². The summed E-state index contributed by atoms with van der Waals surface area (Å²) < 4.78 is 0. The van der Waals surface area contributed by atoms with Crippen LogP contribution in [0.1, 0.15) is 84.2 Å². The van der Waals surface area contributed by atoms with Crippen LogP contribution < -0.4 is 10.2 Å². The zero-order chi connectivity index (χ0) is 36.1. The smallest absolute Gasteiger partial charge is 0.272 e. The maximum atomic E-state index is 14.8. The van der Waals surface area contributed by atoms with Crippen LogP contribution in [0, 0.1) is 5.92 Å². The molecule has 9 rings (SSSR count). The van der Waals surface area contributed by atoms with E-state index in [1.54, 1.807) is 0 Å². The first-order valence-electron chi connectivity index (χ1n) is 19.1. The largest absolute Gasteiger partial charge is 0.352 e. The molecular formula is C44H44Cl2N6O. The van der Waals surface area contributed by atoms with Gasteiger partial charge in [-0.1, -0.05) is 97.9 Å². The van der Waals surface area contributed by atoms with Crippen LogP contribution in [0.2, 0.25) is 10.0 Å². The Morgan fingerprint density at radius 1 is 0.887 bits per heavy atom. The molecule has 0 radical (unpaired) electrons. The molecule has 4 aliphatic rings. The summed E-state index contributed by atoms with van der Waals surface area (Å²) in [5.41, 5.74) is 8.42. The van der Waals surface area contributed by atoms with Gasteiger partial charge in [-0.3, -0.25) is 9.69 Å². The number of hydrogen-bond acceptors (Lipinski definition) is 5. The van der Waals surface area contributed by atoms with Gasteiger partial charge in [0.2, 0.25) is 0 Å². The lowest BCUT2D eigenvalue weighted by Crippen LogP contribution is -2.51. The third-order valence-corrected chi connectivity index (χ3v) is 12.2. The van der Waals surface area contributed by atoms with Crippen LogP contribution >= 0.6 is 23.2 Å². The molecule has 1 aliphatic carbocycles. The molecule has 53 heavy (non-hydrogen) atoms. The minimum absolute atomic E-state index is 0.187.